The summed E-state index contributed by atoms with van der Waals surface area (Å²) in [5.41, 5.74) is 10.9. The zero-order valence-electron chi connectivity index (χ0n) is 15.0. The Morgan fingerprint density at radius 3 is 2.63 bits per heavy atom. The van der Waals surface area contributed by atoms with Gasteiger partial charge in [-0.2, -0.15) is 0 Å². The molecule has 6 rings (SSSR count). The van der Waals surface area contributed by atoms with Gasteiger partial charge in [0.15, 0.2) is 0 Å². The molecular formula is C23H20BrN3. The van der Waals surface area contributed by atoms with Gasteiger partial charge in [-0.05, 0) is 66.3 Å². The van der Waals surface area contributed by atoms with E-state index in [2.05, 4.69) is 79.7 Å². The van der Waals surface area contributed by atoms with Crippen molar-refractivity contribution in [1.82, 2.24) is 9.97 Å². The van der Waals surface area contributed by atoms with Gasteiger partial charge in [0.1, 0.15) is 0 Å². The molecule has 4 aromatic rings. The fraction of sp³-hybridized carbons (Fsp3) is 0.217. The SMILES string of the molecule is Brc1ccc2[nH]cc(-c3c[nH]cc3-c3cc4c5c(c3)CCN5CCC4)c2c1. The molecule has 2 aliphatic rings. The van der Waals surface area contributed by atoms with Crippen molar-refractivity contribution in [2.24, 2.45) is 0 Å². The van der Waals surface area contributed by atoms with Gasteiger partial charge < -0.3 is 14.9 Å². The second-order valence-electron chi connectivity index (χ2n) is 7.66. The second kappa shape index (κ2) is 5.77. The normalized spacial score (nSPS) is 15.5. The fourth-order valence-corrected chi connectivity index (χ4v) is 5.26. The predicted octanol–water partition coefficient (Wildman–Crippen LogP) is 5.90. The number of rotatable bonds is 2. The van der Waals surface area contributed by atoms with E-state index >= 15 is 0 Å². The van der Waals surface area contributed by atoms with E-state index in [1.165, 1.54) is 82.3 Å². The number of hydrogen-bond acceptors (Lipinski definition) is 1. The van der Waals surface area contributed by atoms with Crippen LogP contribution in [0.3, 0.4) is 0 Å². The summed E-state index contributed by atoms with van der Waals surface area (Å²) in [5.74, 6) is 0. The number of fused-ring (bicyclic) bond motifs is 1. The lowest BCUT2D eigenvalue weighted by molar-refractivity contribution is 0.719. The van der Waals surface area contributed by atoms with Gasteiger partial charge in [-0.1, -0.05) is 15.9 Å². The highest BCUT2D eigenvalue weighted by atomic mass is 79.9. The molecule has 27 heavy (non-hydrogen) atoms. The smallest absolute Gasteiger partial charge is 0.0461 e. The van der Waals surface area contributed by atoms with Crippen LogP contribution in [0.15, 0.2) is 53.4 Å². The topological polar surface area (TPSA) is 34.8 Å². The van der Waals surface area contributed by atoms with E-state index in [9.17, 15) is 0 Å². The first kappa shape index (κ1) is 15.6. The Balaban J connectivity index is 1.53. The summed E-state index contributed by atoms with van der Waals surface area (Å²) >= 11 is 3.62. The molecule has 134 valence electrons. The van der Waals surface area contributed by atoms with Crippen LogP contribution in [0.1, 0.15) is 17.5 Å². The van der Waals surface area contributed by atoms with Crippen molar-refractivity contribution < 1.29 is 0 Å². The highest BCUT2D eigenvalue weighted by Crippen LogP contribution is 2.42. The number of nitrogens with zero attached hydrogens (tertiary/aromatic N) is 1. The number of aryl methyl sites for hydroxylation is 1. The second-order valence-corrected chi connectivity index (χ2v) is 8.57. The highest BCUT2D eigenvalue weighted by molar-refractivity contribution is 9.10. The van der Waals surface area contributed by atoms with Crippen LogP contribution in [0.25, 0.3) is 33.2 Å². The molecule has 2 aliphatic heterocycles. The summed E-state index contributed by atoms with van der Waals surface area (Å²) in [6.07, 6.45) is 10.1. The van der Waals surface area contributed by atoms with Crippen LogP contribution in [0.5, 0.6) is 0 Å². The number of benzene rings is 2. The van der Waals surface area contributed by atoms with Gasteiger partial charge in [0.05, 0.1) is 0 Å². The maximum Gasteiger partial charge on any atom is 0.0461 e. The standard InChI is InChI=1S/C23H20BrN3/c24-17-3-4-22-18(10-17)21(13-26-22)20-12-25-11-19(20)16-8-14-2-1-6-27-7-5-15(9-16)23(14)27/h3-4,8-13,25-26H,1-2,5-7H2. The molecule has 0 amide bonds. The van der Waals surface area contributed by atoms with Gasteiger partial charge in [0.25, 0.3) is 0 Å². The van der Waals surface area contributed by atoms with Crippen molar-refractivity contribution in [3.8, 4) is 22.3 Å². The average molecular weight is 418 g/mol. The van der Waals surface area contributed by atoms with Crippen molar-refractivity contribution in [2.45, 2.75) is 19.3 Å². The quantitative estimate of drug-likeness (QED) is 0.418. The van der Waals surface area contributed by atoms with Crippen molar-refractivity contribution >= 4 is 32.5 Å². The molecule has 2 aromatic carbocycles. The molecule has 0 saturated heterocycles. The molecule has 3 nitrogen and oxygen atoms in total. The van der Waals surface area contributed by atoms with Gasteiger partial charge in [-0.3, -0.25) is 0 Å². The molecule has 0 fully saturated rings. The van der Waals surface area contributed by atoms with Gasteiger partial charge in [-0.15, -0.1) is 0 Å². The highest BCUT2D eigenvalue weighted by Gasteiger charge is 2.26. The lowest BCUT2D eigenvalue weighted by Gasteiger charge is -2.27. The fourth-order valence-electron chi connectivity index (χ4n) is 4.90. The monoisotopic (exact) mass is 417 g/mol. The van der Waals surface area contributed by atoms with E-state index in [0.29, 0.717) is 0 Å². The number of anilines is 1. The lowest BCUT2D eigenvalue weighted by Crippen LogP contribution is -2.26. The first-order chi connectivity index (χ1) is 13.3. The van der Waals surface area contributed by atoms with Crippen LogP contribution in [0.4, 0.5) is 5.69 Å². The minimum Gasteiger partial charge on any atom is -0.371 e. The Labute approximate surface area is 166 Å². The largest absolute Gasteiger partial charge is 0.371 e. The molecule has 2 N–H and O–H groups in total. The number of hydrogen-bond donors (Lipinski definition) is 2. The number of nitrogens with one attached hydrogen (secondary N) is 2. The lowest BCUT2D eigenvalue weighted by atomic mass is 9.92. The number of aromatic nitrogens is 2. The molecule has 0 spiro atoms. The predicted molar refractivity (Wildman–Crippen MR) is 115 cm³/mol. The van der Waals surface area contributed by atoms with E-state index in [0.717, 1.165) is 4.47 Å². The third kappa shape index (κ3) is 2.32. The summed E-state index contributed by atoms with van der Waals surface area (Å²) < 4.78 is 1.11. The van der Waals surface area contributed by atoms with Crippen molar-refractivity contribution in [3.63, 3.8) is 0 Å². The minimum absolute atomic E-state index is 1.11. The summed E-state index contributed by atoms with van der Waals surface area (Å²) in [5, 5.41) is 1.25. The Hall–Kier alpha value is -2.46. The Morgan fingerprint density at radius 1 is 0.852 bits per heavy atom. The van der Waals surface area contributed by atoms with E-state index in [1.54, 1.807) is 0 Å². The van der Waals surface area contributed by atoms with E-state index < -0.39 is 0 Å². The average Bonchev–Trinajstić information content (AvgIpc) is 3.40. The van der Waals surface area contributed by atoms with Crippen LogP contribution >= 0.6 is 15.9 Å². The molecule has 0 atom stereocenters. The van der Waals surface area contributed by atoms with Crippen LogP contribution in [0.2, 0.25) is 0 Å². The molecule has 0 bridgehead atoms. The van der Waals surface area contributed by atoms with Gasteiger partial charge in [0.2, 0.25) is 0 Å². The van der Waals surface area contributed by atoms with Crippen molar-refractivity contribution in [2.75, 3.05) is 18.0 Å². The third-order valence-corrected chi connectivity index (χ3v) is 6.59. The van der Waals surface area contributed by atoms with Gasteiger partial charge in [-0.25, -0.2) is 0 Å². The van der Waals surface area contributed by atoms with Crippen LogP contribution in [-0.4, -0.2) is 23.1 Å². The van der Waals surface area contributed by atoms with E-state index in [-0.39, 0.29) is 0 Å². The molecule has 4 heteroatoms. The zero-order chi connectivity index (χ0) is 18.0. The van der Waals surface area contributed by atoms with Crippen LogP contribution in [0, 0.1) is 0 Å². The summed E-state index contributed by atoms with van der Waals surface area (Å²) in [4.78, 5) is 9.35. The molecule has 0 saturated carbocycles. The maximum atomic E-state index is 3.62. The number of aromatic amines is 2. The first-order valence-corrected chi connectivity index (χ1v) is 10.4. The molecule has 0 radical (unpaired) electrons. The molecule has 4 heterocycles. The molecule has 2 aromatic heterocycles. The summed E-state index contributed by atoms with van der Waals surface area (Å²) in [6, 6.07) is 11.2. The van der Waals surface area contributed by atoms with Gasteiger partial charge in [0, 0.05) is 69.4 Å². The van der Waals surface area contributed by atoms with E-state index in [4.69, 9.17) is 0 Å². The minimum atomic E-state index is 1.11. The van der Waals surface area contributed by atoms with Crippen LogP contribution in [-0.2, 0) is 12.8 Å². The van der Waals surface area contributed by atoms with Crippen LogP contribution < -0.4 is 4.90 Å². The Kier molecular flexibility index (Phi) is 3.33. The maximum absolute atomic E-state index is 3.62. The summed E-state index contributed by atoms with van der Waals surface area (Å²) in [6.45, 7) is 2.40. The zero-order valence-corrected chi connectivity index (χ0v) is 16.6. The van der Waals surface area contributed by atoms with Gasteiger partial charge >= 0.3 is 0 Å². The number of H-pyrrole nitrogens is 2. The van der Waals surface area contributed by atoms with Crippen molar-refractivity contribution in [3.05, 3.63) is 64.5 Å². The van der Waals surface area contributed by atoms with Crippen molar-refractivity contribution in [1.29, 1.82) is 0 Å². The number of halogens is 1. The molecular weight excluding hydrogens is 398 g/mol. The van der Waals surface area contributed by atoms with E-state index in [1.807, 2.05) is 0 Å². The first-order valence-electron chi connectivity index (χ1n) is 9.63. The Bertz CT molecular complexity index is 1180. The molecule has 0 unspecified atom stereocenters. The molecule has 0 aliphatic carbocycles. The third-order valence-electron chi connectivity index (χ3n) is 6.10. The Morgan fingerprint density at radius 2 is 1.70 bits per heavy atom. The summed E-state index contributed by atoms with van der Waals surface area (Å²) in [7, 11) is 0.